The molecule has 0 saturated carbocycles. The second kappa shape index (κ2) is 10.6. The quantitative estimate of drug-likeness (QED) is 0.390. The van der Waals surface area contributed by atoms with Crippen LogP contribution in [0.15, 0.2) is 77.7 Å². The van der Waals surface area contributed by atoms with Crippen LogP contribution in [-0.4, -0.2) is 20.9 Å². The number of anilines is 1. The maximum atomic E-state index is 12.9. The van der Waals surface area contributed by atoms with Crippen LogP contribution in [0.4, 0.5) is 32.0 Å². The van der Waals surface area contributed by atoms with E-state index < -0.39 is 51.7 Å². The highest BCUT2D eigenvalue weighted by Gasteiger charge is 2.37. The summed E-state index contributed by atoms with van der Waals surface area (Å²) in [4.78, 5) is 12.0. The second-order valence-electron chi connectivity index (χ2n) is 7.41. The number of hydrogen-bond donors (Lipinski definition) is 2. The smallest absolute Gasteiger partial charge is 0.416 e. The normalized spacial score (nSPS) is 12.3. The van der Waals surface area contributed by atoms with Crippen LogP contribution >= 0.6 is 0 Å². The fourth-order valence-electron chi connectivity index (χ4n) is 2.95. The monoisotopic (exact) mass is 532 g/mol. The number of ether oxygens (including phenoxy) is 1. The van der Waals surface area contributed by atoms with Crippen LogP contribution in [0.2, 0.25) is 0 Å². The number of amides is 1. The zero-order chi connectivity index (χ0) is 26.6. The molecule has 0 heterocycles. The molecule has 0 atom stereocenters. The van der Waals surface area contributed by atoms with Gasteiger partial charge in [-0.15, -0.1) is 0 Å². The van der Waals surface area contributed by atoms with Crippen LogP contribution in [0.5, 0.6) is 5.75 Å². The van der Waals surface area contributed by atoms with Gasteiger partial charge in [-0.25, -0.2) is 13.1 Å². The standard InChI is InChI=1S/C23H18F6N2O4S/c24-22(25,26)16-10-17(23(27,28)29)12-18(11-16)31-21(32)14-35-19-6-8-20(9-7-19)36(33,34)30-13-15-4-2-1-3-5-15/h1-12,30H,13-14H2,(H,31,32). The number of sulfonamides is 1. The molecule has 0 radical (unpaired) electrons. The molecule has 0 fully saturated rings. The van der Waals surface area contributed by atoms with Crippen molar-refractivity contribution in [1.82, 2.24) is 4.72 Å². The van der Waals surface area contributed by atoms with Crippen LogP contribution in [0.3, 0.4) is 0 Å². The van der Waals surface area contributed by atoms with Gasteiger partial charge in [-0.2, -0.15) is 26.3 Å². The molecule has 0 bridgehead atoms. The molecule has 3 aromatic carbocycles. The van der Waals surface area contributed by atoms with Gasteiger partial charge in [-0.3, -0.25) is 4.79 Å². The van der Waals surface area contributed by atoms with Gasteiger partial charge in [0.2, 0.25) is 10.0 Å². The van der Waals surface area contributed by atoms with E-state index in [2.05, 4.69) is 4.72 Å². The molecule has 3 rings (SSSR count). The second-order valence-corrected chi connectivity index (χ2v) is 9.18. The van der Waals surface area contributed by atoms with Crippen LogP contribution in [0.1, 0.15) is 16.7 Å². The van der Waals surface area contributed by atoms with E-state index in [-0.39, 0.29) is 23.3 Å². The lowest BCUT2D eigenvalue weighted by Gasteiger charge is -2.15. The highest BCUT2D eigenvalue weighted by atomic mass is 32.2. The van der Waals surface area contributed by atoms with Crippen LogP contribution in [0.25, 0.3) is 0 Å². The molecule has 0 aliphatic heterocycles. The fourth-order valence-corrected chi connectivity index (χ4v) is 3.96. The van der Waals surface area contributed by atoms with E-state index in [1.807, 2.05) is 5.32 Å². The number of carbonyl (C=O) groups excluding carboxylic acids is 1. The lowest BCUT2D eigenvalue weighted by Crippen LogP contribution is -2.23. The SMILES string of the molecule is O=C(COc1ccc(S(=O)(=O)NCc2ccccc2)cc1)Nc1cc(C(F)(F)F)cc(C(F)(F)F)c1. The summed E-state index contributed by atoms with van der Waals surface area (Å²) in [5.41, 5.74) is -3.12. The molecular weight excluding hydrogens is 514 g/mol. The molecule has 0 aliphatic rings. The predicted octanol–water partition coefficient (Wildman–Crippen LogP) is 5.22. The number of hydrogen-bond acceptors (Lipinski definition) is 4. The third-order valence-corrected chi connectivity index (χ3v) is 6.10. The Labute approximate surface area is 201 Å². The summed E-state index contributed by atoms with van der Waals surface area (Å²) in [5.74, 6) is -0.976. The summed E-state index contributed by atoms with van der Waals surface area (Å²) >= 11 is 0. The Morgan fingerprint density at radius 1 is 0.806 bits per heavy atom. The topological polar surface area (TPSA) is 84.5 Å². The van der Waals surface area contributed by atoms with Crippen molar-refractivity contribution in [3.63, 3.8) is 0 Å². The van der Waals surface area contributed by atoms with Crippen molar-refractivity contribution in [2.75, 3.05) is 11.9 Å². The number of benzene rings is 3. The first-order valence-corrected chi connectivity index (χ1v) is 11.6. The predicted molar refractivity (Wildman–Crippen MR) is 117 cm³/mol. The molecule has 0 saturated heterocycles. The Kier molecular flexibility index (Phi) is 7.94. The molecule has 0 unspecified atom stereocenters. The Bertz CT molecular complexity index is 1280. The van der Waals surface area contributed by atoms with Gasteiger partial charge in [0, 0.05) is 12.2 Å². The zero-order valence-corrected chi connectivity index (χ0v) is 19.0. The Morgan fingerprint density at radius 2 is 1.36 bits per heavy atom. The van der Waals surface area contributed by atoms with E-state index in [4.69, 9.17) is 4.74 Å². The van der Waals surface area contributed by atoms with E-state index in [1.165, 1.54) is 24.3 Å². The third kappa shape index (κ3) is 7.46. The van der Waals surface area contributed by atoms with E-state index in [1.54, 1.807) is 30.3 Å². The molecule has 36 heavy (non-hydrogen) atoms. The summed E-state index contributed by atoms with van der Waals surface area (Å²) in [6.45, 7) is -0.691. The highest BCUT2D eigenvalue weighted by molar-refractivity contribution is 7.89. The summed E-state index contributed by atoms with van der Waals surface area (Å²) in [7, 11) is -3.85. The molecule has 2 N–H and O–H groups in total. The molecule has 0 aliphatic carbocycles. The van der Waals surface area contributed by atoms with Crippen LogP contribution < -0.4 is 14.8 Å². The van der Waals surface area contributed by atoms with Gasteiger partial charge in [0.05, 0.1) is 16.0 Å². The Morgan fingerprint density at radius 3 is 1.89 bits per heavy atom. The van der Waals surface area contributed by atoms with Gasteiger partial charge >= 0.3 is 12.4 Å². The number of nitrogens with one attached hydrogen (secondary N) is 2. The molecule has 1 amide bonds. The van der Waals surface area contributed by atoms with Gasteiger partial charge in [0.1, 0.15) is 5.75 Å². The third-order valence-electron chi connectivity index (χ3n) is 4.68. The molecule has 6 nitrogen and oxygen atoms in total. The van der Waals surface area contributed by atoms with E-state index in [0.717, 1.165) is 5.56 Å². The Balaban J connectivity index is 1.61. The minimum Gasteiger partial charge on any atom is -0.484 e. The van der Waals surface area contributed by atoms with Gasteiger partial charge in [0.25, 0.3) is 5.91 Å². The average Bonchev–Trinajstić information content (AvgIpc) is 2.81. The lowest BCUT2D eigenvalue weighted by atomic mass is 10.1. The Hall–Kier alpha value is -3.58. The maximum absolute atomic E-state index is 12.9. The van der Waals surface area contributed by atoms with Crippen molar-refractivity contribution in [3.8, 4) is 5.75 Å². The minimum atomic E-state index is -5.06. The summed E-state index contributed by atoms with van der Waals surface area (Å²) in [6.07, 6.45) is -10.1. The summed E-state index contributed by atoms with van der Waals surface area (Å²) in [5, 5.41) is 1.94. The minimum absolute atomic E-state index is 0.0483. The number of halogens is 6. The van der Waals surface area contributed by atoms with Gasteiger partial charge in [-0.05, 0) is 48.0 Å². The zero-order valence-electron chi connectivity index (χ0n) is 18.2. The van der Waals surface area contributed by atoms with E-state index in [9.17, 15) is 39.6 Å². The van der Waals surface area contributed by atoms with Gasteiger partial charge in [0.15, 0.2) is 6.61 Å². The van der Waals surface area contributed by atoms with Crippen LogP contribution in [0, 0.1) is 0 Å². The molecule has 192 valence electrons. The van der Waals surface area contributed by atoms with Crippen molar-refractivity contribution in [1.29, 1.82) is 0 Å². The first kappa shape index (κ1) is 27.0. The lowest BCUT2D eigenvalue weighted by molar-refractivity contribution is -0.143. The first-order valence-electron chi connectivity index (χ1n) is 10.1. The van der Waals surface area contributed by atoms with Crippen molar-refractivity contribution >= 4 is 21.6 Å². The van der Waals surface area contributed by atoms with E-state index >= 15 is 0 Å². The van der Waals surface area contributed by atoms with Crippen LogP contribution in [-0.2, 0) is 33.7 Å². The average molecular weight is 532 g/mol. The number of carbonyl (C=O) groups is 1. The van der Waals surface area contributed by atoms with Gasteiger partial charge < -0.3 is 10.1 Å². The highest BCUT2D eigenvalue weighted by Crippen LogP contribution is 2.37. The first-order chi connectivity index (χ1) is 16.7. The van der Waals surface area contributed by atoms with Gasteiger partial charge in [-0.1, -0.05) is 30.3 Å². The molecule has 0 spiro atoms. The maximum Gasteiger partial charge on any atom is 0.416 e. The molecular formula is C23H18F6N2O4S. The van der Waals surface area contributed by atoms with E-state index in [0.29, 0.717) is 12.1 Å². The van der Waals surface area contributed by atoms with Crippen molar-refractivity contribution in [3.05, 3.63) is 89.5 Å². The van der Waals surface area contributed by atoms with Crippen molar-refractivity contribution in [2.45, 2.75) is 23.8 Å². The number of alkyl halides is 6. The summed E-state index contributed by atoms with van der Waals surface area (Å²) < 4.78 is 110. The number of rotatable bonds is 8. The fraction of sp³-hybridized carbons (Fsp3) is 0.174. The van der Waals surface area contributed by atoms with Crippen molar-refractivity contribution < 1.29 is 44.3 Å². The molecule has 0 aromatic heterocycles. The summed E-state index contributed by atoms with van der Waals surface area (Å²) in [6, 6.07) is 14.4. The molecule has 3 aromatic rings. The molecule has 13 heteroatoms. The van der Waals surface area contributed by atoms with Crippen molar-refractivity contribution in [2.24, 2.45) is 0 Å². The largest absolute Gasteiger partial charge is 0.484 e.